The molecular weight excluding hydrogens is 250 g/mol. The van der Waals surface area contributed by atoms with Gasteiger partial charge < -0.3 is 15.6 Å². The SMILES string of the molecule is CCCC(N)C(CO)SCC1(CC(=O)OC)CC1. The molecule has 0 heterocycles. The molecule has 1 fully saturated rings. The molecule has 4 nitrogen and oxygen atoms in total. The first-order chi connectivity index (χ1) is 8.56. The van der Waals surface area contributed by atoms with Crippen LogP contribution in [-0.4, -0.2) is 41.8 Å². The van der Waals surface area contributed by atoms with Crippen molar-refractivity contribution < 1.29 is 14.6 Å². The summed E-state index contributed by atoms with van der Waals surface area (Å²) in [6.07, 6.45) is 4.62. The highest BCUT2D eigenvalue weighted by Crippen LogP contribution is 2.51. The lowest BCUT2D eigenvalue weighted by Crippen LogP contribution is -2.35. The number of hydrogen-bond acceptors (Lipinski definition) is 5. The molecule has 0 aromatic carbocycles. The molecule has 0 aliphatic heterocycles. The maximum absolute atomic E-state index is 11.3. The number of rotatable bonds is 9. The summed E-state index contributed by atoms with van der Waals surface area (Å²) in [6.45, 7) is 2.21. The Bertz CT molecular complexity index is 269. The molecule has 1 saturated carbocycles. The van der Waals surface area contributed by atoms with Gasteiger partial charge in [-0.1, -0.05) is 13.3 Å². The maximum atomic E-state index is 11.3. The Hall–Kier alpha value is -0.260. The third-order valence-electron chi connectivity index (χ3n) is 3.59. The van der Waals surface area contributed by atoms with E-state index in [0.29, 0.717) is 6.42 Å². The van der Waals surface area contributed by atoms with Gasteiger partial charge in [0.25, 0.3) is 0 Å². The van der Waals surface area contributed by atoms with Crippen LogP contribution in [0.1, 0.15) is 39.0 Å². The van der Waals surface area contributed by atoms with Crippen LogP contribution in [0.4, 0.5) is 0 Å². The first-order valence-corrected chi connectivity index (χ1v) is 7.66. The van der Waals surface area contributed by atoms with Gasteiger partial charge in [-0.05, 0) is 30.4 Å². The Kier molecular flexibility index (Phi) is 6.46. The van der Waals surface area contributed by atoms with Crippen molar-refractivity contribution in [3.05, 3.63) is 0 Å². The number of ether oxygens (including phenoxy) is 1. The molecule has 106 valence electrons. The summed E-state index contributed by atoms with van der Waals surface area (Å²) in [4.78, 5) is 11.3. The van der Waals surface area contributed by atoms with Crippen molar-refractivity contribution in [2.45, 2.75) is 50.3 Å². The van der Waals surface area contributed by atoms with E-state index in [1.54, 1.807) is 11.8 Å². The number of aliphatic hydroxyl groups is 1. The smallest absolute Gasteiger partial charge is 0.306 e. The number of carbonyl (C=O) groups excluding carboxylic acids is 1. The van der Waals surface area contributed by atoms with E-state index in [-0.39, 0.29) is 29.3 Å². The molecule has 3 N–H and O–H groups in total. The van der Waals surface area contributed by atoms with E-state index < -0.39 is 0 Å². The second-order valence-electron chi connectivity index (χ2n) is 5.24. The highest BCUT2D eigenvalue weighted by molar-refractivity contribution is 8.00. The number of hydrogen-bond donors (Lipinski definition) is 2. The Morgan fingerprint density at radius 2 is 2.22 bits per heavy atom. The zero-order valence-electron chi connectivity index (χ0n) is 11.4. The molecule has 0 amide bonds. The molecule has 0 bridgehead atoms. The van der Waals surface area contributed by atoms with Crippen molar-refractivity contribution >= 4 is 17.7 Å². The summed E-state index contributed by atoms with van der Waals surface area (Å²) >= 11 is 1.71. The molecule has 2 atom stereocenters. The van der Waals surface area contributed by atoms with Crippen molar-refractivity contribution in [1.29, 1.82) is 0 Å². The molecule has 18 heavy (non-hydrogen) atoms. The van der Waals surface area contributed by atoms with Gasteiger partial charge in [0.05, 0.1) is 20.1 Å². The summed E-state index contributed by atoms with van der Waals surface area (Å²) in [7, 11) is 1.43. The number of carbonyl (C=O) groups is 1. The van der Waals surface area contributed by atoms with Gasteiger partial charge >= 0.3 is 5.97 Å². The molecule has 0 spiro atoms. The molecule has 0 saturated heterocycles. The summed E-state index contributed by atoms with van der Waals surface area (Å²) in [5, 5.41) is 9.46. The lowest BCUT2D eigenvalue weighted by molar-refractivity contribution is -0.141. The second kappa shape index (κ2) is 7.36. The number of aliphatic hydroxyl groups excluding tert-OH is 1. The van der Waals surface area contributed by atoms with Gasteiger partial charge in [-0.15, -0.1) is 0 Å². The van der Waals surface area contributed by atoms with Gasteiger partial charge in [0.1, 0.15) is 0 Å². The second-order valence-corrected chi connectivity index (χ2v) is 6.46. The number of esters is 1. The van der Waals surface area contributed by atoms with Crippen molar-refractivity contribution in [3.8, 4) is 0 Å². The lowest BCUT2D eigenvalue weighted by Gasteiger charge is -2.23. The predicted molar refractivity (Wildman–Crippen MR) is 74.5 cm³/mol. The van der Waals surface area contributed by atoms with Crippen molar-refractivity contribution in [2.24, 2.45) is 11.1 Å². The van der Waals surface area contributed by atoms with Crippen LogP contribution >= 0.6 is 11.8 Å². The van der Waals surface area contributed by atoms with Gasteiger partial charge in [-0.2, -0.15) is 11.8 Å². The average Bonchev–Trinajstić information content (AvgIpc) is 3.10. The van der Waals surface area contributed by atoms with Gasteiger partial charge in [-0.25, -0.2) is 0 Å². The molecule has 2 unspecified atom stereocenters. The minimum atomic E-state index is -0.133. The molecule has 0 radical (unpaired) electrons. The van der Waals surface area contributed by atoms with Crippen LogP contribution in [-0.2, 0) is 9.53 Å². The lowest BCUT2D eigenvalue weighted by atomic mass is 10.1. The molecule has 0 aromatic heterocycles. The molecule has 1 aliphatic carbocycles. The van der Waals surface area contributed by atoms with Crippen LogP contribution in [0.3, 0.4) is 0 Å². The van der Waals surface area contributed by atoms with Crippen LogP contribution < -0.4 is 5.73 Å². The van der Waals surface area contributed by atoms with E-state index in [4.69, 9.17) is 10.5 Å². The third-order valence-corrected chi connectivity index (χ3v) is 5.29. The maximum Gasteiger partial charge on any atom is 0.306 e. The third kappa shape index (κ3) is 4.78. The molecule has 5 heteroatoms. The van der Waals surface area contributed by atoms with E-state index in [0.717, 1.165) is 31.4 Å². The van der Waals surface area contributed by atoms with Crippen LogP contribution in [0.2, 0.25) is 0 Å². The van der Waals surface area contributed by atoms with E-state index in [9.17, 15) is 9.90 Å². The van der Waals surface area contributed by atoms with Crippen LogP contribution in [0, 0.1) is 5.41 Å². The monoisotopic (exact) mass is 275 g/mol. The standard InChI is InChI=1S/C13H25NO3S/c1-3-4-10(14)11(8-15)18-9-13(5-6-13)7-12(16)17-2/h10-11,15H,3-9,14H2,1-2H3. The molecule has 1 rings (SSSR count). The minimum Gasteiger partial charge on any atom is -0.469 e. The largest absolute Gasteiger partial charge is 0.469 e. The Labute approximate surface area is 114 Å². The normalized spacial score (nSPS) is 20.2. The predicted octanol–water partition coefficient (Wildman–Crippen LogP) is 1.55. The van der Waals surface area contributed by atoms with Crippen molar-refractivity contribution in [3.63, 3.8) is 0 Å². The number of thioether (sulfide) groups is 1. The fourth-order valence-electron chi connectivity index (χ4n) is 2.04. The van der Waals surface area contributed by atoms with Crippen LogP contribution in [0.25, 0.3) is 0 Å². The van der Waals surface area contributed by atoms with Gasteiger partial charge in [0, 0.05) is 11.3 Å². The van der Waals surface area contributed by atoms with Crippen LogP contribution in [0.15, 0.2) is 0 Å². The number of nitrogens with two attached hydrogens (primary N) is 1. The number of methoxy groups -OCH3 is 1. The summed E-state index contributed by atoms with van der Waals surface area (Å²) < 4.78 is 4.72. The molecule has 1 aliphatic rings. The van der Waals surface area contributed by atoms with E-state index in [2.05, 4.69) is 6.92 Å². The minimum absolute atomic E-state index is 0.0407. The van der Waals surface area contributed by atoms with Gasteiger partial charge in [0.2, 0.25) is 0 Å². The van der Waals surface area contributed by atoms with E-state index in [1.165, 1.54) is 7.11 Å². The first-order valence-electron chi connectivity index (χ1n) is 6.62. The van der Waals surface area contributed by atoms with Crippen LogP contribution in [0.5, 0.6) is 0 Å². The quantitative estimate of drug-likeness (QED) is 0.625. The Balaban J connectivity index is 2.36. The molecule has 0 aromatic rings. The topological polar surface area (TPSA) is 72.5 Å². The van der Waals surface area contributed by atoms with Gasteiger partial charge in [0.15, 0.2) is 0 Å². The summed E-state index contributed by atoms with van der Waals surface area (Å²) in [5.41, 5.74) is 6.15. The zero-order chi connectivity index (χ0) is 13.6. The van der Waals surface area contributed by atoms with Crippen molar-refractivity contribution in [2.75, 3.05) is 19.5 Å². The first kappa shape index (κ1) is 15.8. The zero-order valence-corrected chi connectivity index (χ0v) is 12.2. The Morgan fingerprint density at radius 3 is 2.67 bits per heavy atom. The summed E-state index contributed by atoms with van der Waals surface area (Å²) in [6, 6.07) is 0.0407. The Morgan fingerprint density at radius 1 is 1.56 bits per heavy atom. The highest BCUT2D eigenvalue weighted by Gasteiger charge is 2.45. The molecular formula is C13H25NO3S. The average molecular weight is 275 g/mol. The van der Waals surface area contributed by atoms with E-state index in [1.807, 2.05) is 0 Å². The fraction of sp³-hybridized carbons (Fsp3) is 0.923. The fourth-order valence-corrected chi connectivity index (χ4v) is 3.49. The highest BCUT2D eigenvalue weighted by atomic mass is 32.2. The van der Waals surface area contributed by atoms with Crippen molar-refractivity contribution in [1.82, 2.24) is 0 Å². The van der Waals surface area contributed by atoms with E-state index >= 15 is 0 Å². The summed E-state index contributed by atoms with van der Waals surface area (Å²) in [5.74, 6) is 0.761. The van der Waals surface area contributed by atoms with Gasteiger partial charge in [-0.3, -0.25) is 4.79 Å².